The molecule has 0 saturated heterocycles. The van der Waals surface area contributed by atoms with Crippen LogP contribution < -0.4 is 16.2 Å². The molecule has 2 aromatic rings. The number of nitrogens with one attached hydrogen (secondary N) is 3. The molecule has 0 unspecified atom stereocenters. The predicted molar refractivity (Wildman–Crippen MR) is 85.7 cm³/mol. The van der Waals surface area contributed by atoms with Crippen molar-refractivity contribution in [2.75, 3.05) is 10.7 Å². The highest BCUT2D eigenvalue weighted by atomic mass is 32.1. The number of nitrogens with zero attached hydrogens (tertiary/aromatic N) is 1. The number of anilines is 2. The summed E-state index contributed by atoms with van der Waals surface area (Å²) < 4.78 is 0. The number of aryl methyl sites for hydroxylation is 2. The van der Waals surface area contributed by atoms with E-state index in [0.717, 1.165) is 16.5 Å². The van der Waals surface area contributed by atoms with Gasteiger partial charge in [0, 0.05) is 11.1 Å². The number of thiazole rings is 1. The van der Waals surface area contributed by atoms with Crippen molar-refractivity contribution in [3.05, 3.63) is 40.4 Å². The zero-order valence-corrected chi connectivity index (χ0v) is 12.7. The van der Waals surface area contributed by atoms with Gasteiger partial charge in [-0.1, -0.05) is 12.1 Å². The van der Waals surface area contributed by atoms with Crippen molar-refractivity contribution in [3.63, 3.8) is 0 Å². The molecule has 1 heterocycles. The van der Waals surface area contributed by atoms with Gasteiger partial charge in [-0.25, -0.2) is 4.98 Å². The normalized spacial score (nSPS) is 10.1. The Kier molecular flexibility index (Phi) is 4.34. The summed E-state index contributed by atoms with van der Waals surface area (Å²) in [5.41, 5.74) is 10.3. The smallest absolute Gasteiger partial charge is 0.201 e. The zero-order chi connectivity index (χ0) is 13.8. The highest BCUT2D eigenvalue weighted by molar-refractivity contribution is 7.80. The van der Waals surface area contributed by atoms with Gasteiger partial charge in [0.25, 0.3) is 0 Å². The van der Waals surface area contributed by atoms with Crippen LogP contribution in [0.1, 0.15) is 16.8 Å². The van der Waals surface area contributed by atoms with Crippen molar-refractivity contribution >= 4 is 39.5 Å². The largest absolute Gasteiger partial charge is 0.331 e. The molecule has 0 radical (unpaired) electrons. The van der Waals surface area contributed by atoms with E-state index < -0.39 is 0 Å². The van der Waals surface area contributed by atoms with Crippen molar-refractivity contribution in [2.24, 2.45) is 0 Å². The minimum absolute atomic E-state index is 0.515. The molecule has 0 saturated carbocycles. The summed E-state index contributed by atoms with van der Waals surface area (Å²) in [5, 5.41) is 6.45. The Hall–Kier alpha value is -1.66. The molecule has 100 valence electrons. The number of hydrogen-bond acceptors (Lipinski definition) is 4. The Balaban J connectivity index is 1.92. The Morgan fingerprint density at radius 2 is 2.05 bits per heavy atom. The molecule has 19 heavy (non-hydrogen) atoms. The van der Waals surface area contributed by atoms with Crippen LogP contribution in [-0.2, 0) is 0 Å². The fraction of sp³-hybridized carbons (Fsp3) is 0.231. The van der Waals surface area contributed by atoms with Crippen molar-refractivity contribution in [2.45, 2.75) is 20.8 Å². The van der Waals surface area contributed by atoms with Crippen LogP contribution in [0.15, 0.2) is 23.6 Å². The van der Waals surface area contributed by atoms with Gasteiger partial charge in [-0.2, -0.15) is 0 Å². The summed E-state index contributed by atoms with van der Waals surface area (Å²) in [6, 6.07) is 6.09. The Morgan fingerprint density at radius 1 is 1.26 bits per heavy atom. The summed E-state index contributed by atoms with van der Waals surface area (Å²) in [7, 11) is 0. The van der Waals surface area contributed by atoms with E-state index >= 15 is 0 Å². The highest BCUT2D eigenvalue weighted by Gasteiger charge is 2.03. The molecule has 0 aliphatic rings. The third-order valence-electron chi connectivity index (χ3n) is 2.75. The molecule has 1 aromatic carbocycles. The molecule has 0 fully saturated rings. The van der Waals surface area contributed by atoms with Gasteiger partial charge in [-0.05, 0) is 50.2 Å². The fourth-order valence-electron chi connectivity index (χ4n) is 1.56. The van der Waals surface area contributed by atoms with Crippen LogP contribution in [-0.4, -0.2) is 10.1 Å². The van der Waals surface area contributed by atoms with Crippen LogP contribution in [0, 0.1) is 20.8 Å². The molecule has 0 spiro atoms. The van der Waals surface area contributed by atoms with Crippen LogP contribution in [0.25, 0.3) is 0 Å². The van der Waals surface area contributed by atoms with Crippen LogP contribution in [0.3, 0.4) is 0 Å². The number of hydrogen-bond donors (Lipinski definition) is 3. The van der Waals surface area contributed by atoms with Crippen molar-refractivity contribution in [3.8, 4) is 0 Å². The maximum atomic E-state index is 5.24. The van der Waals surface area contributed by atoms with Gasteiger partial charge in [0.05, 0.1) is 5.69 Å². The van der Waals surface area contributed by atoms with Crippen LogP contribution in [0.4, 0.5) is 10.8 Å². The Morgan fingerprint density at radius 3 is 2.74 bits per heavy atom. The molecule has 0 atom stereocenters. The first kappa shape index (κ1) is 13.8. The average Bonchev–Trinajstić information content (AvgIpc) is 2.78. The molecule has 6 heteroatoms. The van der Waals surface area contributed by atoms with Gasteiger partial charge in [0.15, 0.2) is 5.11 Å². The number of rotatable bonds is 3. The van der Waals surface area contributed by atoms with Crippen LogP contribution in [0.2, 0.25) is 0 Å². The number of benzene rings is 1. The highest BCUT2D eigenvalue weighted by Crippen LogP contribution is 2.18. The summed E-state index contributed by atoms with van der Waals surface area (Å²) in [6.07, 6.45) is 0. The van der Waals surface area contributed by atoms with E-state index in [0.29, 0.717) is 5.11 Å². The molecule has 0 aliphatic heterocycles. The molecule has 2 rings (SSSR count). The second-order valence-corrected chi connectivity index (χ2v) is 5.51. The van der Waals surface area contributed by atoms with E-state index in [1.165, 1.54) is 22.5 Å². The number of hydrazine groups is 1. The third-order valence-corrected chi connectivity index (χ3v) is 3.83. The van der Waals surface area contributed by atoms with Gasteiger partial charge >= 0.3 is 0 Å². The minimum atomic E-state index is 0.515. The lowest BCUT2D eigenvalue weighted by Crippen LogP contribution is -2.33. The number of aromatic nitrogens is 1. The molecule has 1 aromatic heterocycles. The monoisotopic (exact) mass is 292 g/mol. The number of thiocarbonyl (C=S) groups is 1. The molecule has 3 N–H and O–H groups in total. The predicted octanol–water partition coefficient (Wildman–Crippen LogP) is 3.38. The van der Waals surface area contributed by atoms with E-state index in [-0.39, 0.29) is 0 Å². The maximum absolute atomic E-state index is 5.24. The average molecular weight is 292 g/mol. The molecule has 0 bridgehead atoms. The van der Waals surface area contributed by atoms with E-state index in [4.69, 9.17) is 12.2 Å². The lowest BCUT2D eigenvalue weighted by molar-refractivity contribution is 1.11. The first-order valence-electron chi connectivity index (χ1n) is 5.87. The first-order valence-corrected chi connectivity index (χ1v) is 7.16. The first-order chi connectivity index (χ1) is 9.06. The zero-order valence-electron chi connectivity index (χ0n) is 11.1. The second-order valence-electron chi connectivity index (χ2n) is 4.25. The van der Waals surface area contributed by atoms with E-state index in [1.807, 2.05) is 24.4 Å². The lowest BCUT2D eigenvalue weighted by Gasteiger charge is -2.13. The Bertz CT molecular complexity index is 592. The molecule has 0 amide bonds. The van der Waals surface area contributed by atoms with Gasteiger partial charge in [-0.3, -0.25) is 10.9 Å². The van der Waals surface area contributed by atoms with Gasteiger partial charge in [0.2, 0.25) is 5.13 Å². The summed E-state index contributed by atoms with van der Waals surface area (Å²) >= 11 is 6.77. The second kappa shape index (κ2) is 5.99. The summed E-state index contributed by atoms with van der Waals surface area (Å²) in [6.45, 7) is 6.10. The van der Waals surface area contributed by atoms with Gasteiger partial charge in [0.1, 0.15) is 0 Å². The standard InChI is InChI=1S/C13H16N4S2/c1-8-5-4-6-11(10(8)3)15-12(18)16-17-13-14-9(2)7-19-13/h4-7H,1-3H3,(H,14,17)(H2,15,16,18). The van der Waals surface area contributed by atoms with Crippen LogP contribution >= 0.6 is 23.6 Å². The van der Waals surface area contributed by atoms with Crippen molar-refractivity contribution in [1.29, 1.82) is 0 Å². The molecular weight excluding hydrogens is 276 g/mol. The fourth-order valence-corrected chi connectivity index (χ4v) is 2.36. The van der Waals surface area contributed by atoms with E-state index in [2.05, 4.69) is 41.1 Å². The summed E-state index contributed by atoms with van der Waals surface area (Å²) in [4.78, 5) is 4.28. The summed E-state index contributed by atoms with van der Waals surface area (Å²) in [5.74, 6) is 0. The quantitative estimate of drug-likeness (QED) is 0.598. The van der Waals surface area contributed by atoms with Crippen LogP contribution in [0.5, 0.6) is 0 Å². The van der Waals surface area contributed by atoms with Gasteiger partial charge < -0.3 is 5.32 Å². The third kappa shape index (κ3) is 3.65. The van der Waals surface area contributed by atoms with Crippen molar-refractivity contribution in [1.82, 2.24) is 10.4 Å². The van der Waals surface area contributed by atoms with Gasteiger partial charge in [-0.15, -0.1) is 11.3 Å². The van der Waals surface area contributed by atoms with Crippen molar-refractivity contribution < 1.29 is 0 Å². The molecular formula is C13H16N4S2. The van der Waals surface area contributed by atoms with E-state index in [9.17, 15) is 0 Å². The van der Waals surface area contributed by atoms with E-state index in [1.54, 1.807) is 0 Å². The minimum Gasteiger partial charge on any atom is -0.331 e. The Labute approximate surface area is 122 Å². The SMILES string of the molecule is Cc1csc(NNC(=S)Nc2cccc(C)c2C)n1. The lowest BCUT2D eigenvalue weighted by atomic mass is 10.1. The maximum Gasteiger partial charge on any atom is 0.201 e. The topological polar surface area (TPSA) is 49.0 Å². The molecule has 4 nitrogen and oxygen atoms in total. The molecule has 0 aliphatic carbocycles.